The van der Waals surface area contributed by atoms with Gasteiger partial charge in [-0.3, -0.25) is 9.59 Å². The Balaban J connectivity index is 1.61. The van der Waals surface area contributed by atoms with E-state index in [1.54, 1.807) is 36.3 Å². The van der Waals surface area contributed by atoms with Crippen molar-refractivity contribution in [3.05, 3.63) is 59.1 Å². The molecule has 2 amide bonds. The van der Waals surface area contributed by atoms with Crippen molar-refractivity contribution >= 4 is 29.1 Å². The molecule has 0 aromatic heterocycles. The zero-order valence-electron chi connectivity index (χ0n) is 13.9. The Labute approximate surface area is 151 Å². The summed E-state index contributed by atoms with van der Waals surface area (Å²) >= 11 is 6.06. The van der Waals surface area contributed by atoms with Crippen molar-refractivity contribution in [1.82, 2.24) is 4.90 Å². The van der Waals surface area contributed by atoms with Crippen molar-refractivity contribution in [2.75, 3.05) is 19.0 Å². The smallest absolute Gasteiger partial charge is 0.229 e. The molecule has 1 aliphatic heterocycles. The highest BCUT2D eigenvalue weighted by Gasteiger charge is 2.34. The van der Waals surface area contributed by atoms with Gasteiger partial charge in [0.05, 0.1) is 23.7 Å². The van der Waals surface area contributed by atoms with Crippen LogP contribution in [0, 0.1) is 5.92 Å². The van der Waals surface area contributed by atoms with E-state index in [2.05, 4.69) is 5.32 Å². The summed E-state index contributed by atoms with van der Waals surface area (Å²) in [5.74, 6) is 0.198. The van der Waals surface area contributed by atoms with Crippen molar-refractivity contribution in [3.63, 3.8) is 0 Å². The topological polar surface area (TPSA) is 58.6 Å². The number of nitrogens with zero attached hydrogens (tertiary/aromatic N) is 1. The first kappa shape index (κ1) is 17.3. The second kappa shape index (κ2) is 7.57. The second-order valence-electron chi connectivity index (χ2n) is 5.99. The number of hydrogen-bond acceptors (Lipinski definition) is 3. The summed E-state index contributed by atoms with van der Waals surface area (Å²) in [6, 6.07) is 14.6. The van der Waals surface area contributed by atoms with Crippen molar-refractivity contribution in [2.45, 2.75) is 13.0 Å². The molecule has 0 bridgehead atoms. The van der Waals surface area contributed by atoms with Gasteiger partial charge in [-0.15, -0.1) is 0 Å². The first-order chi connectivity index (χ1) is 12.1. The second-order valence-corrected chi connectivity index (χ2v) is 6.40. The van der Waals surface area contributed by atoms with Gasteiger partial charge in [-0.05, 0) is 29.8 Å². The average Bonchev–Trinajstić information content (AvgIpc) is 2.98. The lowest BCUT2D eigenvalue weighted by Gasteiger charge is -2.17. The predicted molar refractivity (Wildman–Crippen MR) is 96.6 cm³/mol. The molecule has 1 aliphatic rings. The van der Waals surface area contributed by atoms with Crippen LogP contribution in [0.1, 0.15) is 12.0 Å². The number of para-hydroxylation sites is 1. The van der Waals surface area contributed by atoms with E-state index in [4.69, 9.17) is 16.3 Å². The Morgan fingerprint density at radius 2 is 1.96 bits per heavy atom. The highest BCUT2D eigenvalue weighted by molar-refractivity contribution is 6.33. The Hall–Kier alpha value is -2.53. The van der Waals surface area contributed by atoms with Crippen molar-refractivity contribution < 1.29 is 14.3 Å². The highest BCUT2D eigenvalue weighted by Crippen LogP contribution is 2.25. The number of halogens is 1. The fourth-order valence-corrected chi connectivity index (χ4v) is 3.03. The minimum Gasteiger partial charge on any atom is -0.497 e. The van der Waals surface area contributed by atoms with Crippen LogP contribution in [-0.2, 0) is 16.1 Å². The van der Waals surface area contributed by atoms with Crippen LogP contribution in [-0.4, -0.2) is 30.4 Å². The van der Waals surface area contributed by atoms with Crippen molar-refractivity contribution in [2.24, 2.45) is 5.92 Å². The molecule has 130 valence electrons. The van der Waals surface area contributed by atoms with Crippen molar-refractivity contribution in [3.8, 4) is 5.75 Å². The maximum Gasteiger partial charge on any atom is 0.229 e. The third-order valence-electron chi connectivity index (χ3n) is 4.25. The molecule has 2 aromatic carbocycles. The molecular weight excluding hydrogens is 340 g/mol. The van der Waals surface area contributed by atoms with Crippen molar-refractivity contribution in [1.29, 1.82) is 0 Å². The van der Waals surface area contributed by atoms with Gasteiger partial charge in [0, 0.05) is 19.5 Å². The number of likely N-dealkylation sites (tertiary alicyclic amines) is 1. The van der Waals surface area contributed by atoms with Gasteiger partial charge >= 0.3 is 0 Å². The van der Waals surface area contributed by atoms with Crippen LogP contribution in [0.4, 0.5) is 5.69 Å². The molecule has 1 heterocycles. The van der Waals surface area contributed by atoms with Gasteiger partial charge < -0.3 is 15.0 Å². The lowest BCUT2D eigenvalue weighted by molar-refractivity contribution is -0.128. The summed E-state index contributed by atoms with van der Waals surface area (Å²) in [7, 11) is 1.61. The predicted octanol–water partition coefficient (Wildman–Crippen LogP) is 3.34. The minimum absolute atomic E-state index is 0.0184. The van der Waals surface area contributed by atoms with Gasteiger partial charge in [-0.25, -0.2) is 0 Å². The minimum atomic E-state index is -0.373. The Morgan fingerprint density at radius 1 is 1.24 bits per heavy atom. The molecule has 2 aromatic rings. The Morgan fingerprint density at radius 3 is 2.64 bits per heavy atom. The molecule has 1 saturated heterocycles. The van der Waals surface area contributed by atoms with Crippen LogP contribution in [0.25, 0.3) is 0 Å². The molecule has 1 atom stereocenters. The number of benzene rings is 2. The number of anilines is 1. The van der Waals surface area contributed by atoms with Crippen LogP contribution >= 0.6 is 11.6 Å². The molecule has 0 spiro atoms. The van der Waals surface area contributed by atoms with Gasteiger partial charge in [0.25, 0.3) is 0 Å². The van der Waals surface area contributed by atoms with Crippen LogP contribution in [0.2, 0.25) is 5.02 Å². The normalized spacial score (nSPS) is 16.8. The summed E-state index contributed by atoms with van der Waals surface area (Å²) in [4.78, 5) is 26.4. The molecule has 0 unspecified atom stereocenters. The molecule has 5 nitrogen and oxygen atoms in total. The van der Waals surface area contributed by atoms with E-state index in [9.17, 15) is 9.59 Å². The molecular formula is C19H19ClN2O3. The van der Waals surface area contributed by atoms with Gasteiger partial charge in [-0.2, -0.15) is 0 Å². The number of ether oxygens (including phenoxy) is 1. The molecule has 1 N–H and O–H groups in total. The van der Waals surface area contributed by atoms with Gasteiger partial charge in [0.15, 0.2) is 0 Å². The van der Waals surface area contributed by atoms with E-state index in [-0.39, 0.29) is 24.2 Å². The molecule has 25 heavy (non-hydrogen) atoms. The first-order valence-corrected chi connectivity index (χ1v) is 8.40. The quantitative estimate of drug-likeness (QED) is 0.891. The van der Waals surface area contributed by atoms with Crippen LogP contribution in [0.15, 0.2) is 48.5 Å². The third kappa shape index (κ3) is 4.12. The van der Waals surface area contributed by atoms with E-state index >= 15 is 0 Å². The van der Waals surface area contributed by atoms with Crippen LogP contribution in [0.5, 0.6) is 5.75 Å². The lowest BCUT2D eigenvalue weighted by Crippen LogP contribution is -2.28. The van der Waals surface area contributed by atoms with E-state index < -0.39 is 0 Å². The number of methoxy groups -OCH3 is 1. The van der Waals surface area contributed by atoms with Gasteiger partial charge in [0.1, 0.15) is 5.75 Å². The monoisotopic (exact) mass is 358 g/mol. The number of rotatable bonds is 5. The summed E-state index contributed by atoms with van der Waals surface area (Å²) < 4.78 is 5.13. The molecule has 1 fully saturated rings. The fraction of sp³-hybridized carbons (Fsp3) is 0.263. The number of carbonyl (C=O) groups excluding carboxylic acids is 2. The number of carbonyl (C=O) groups is 2. The summed E-state index contributed by atoms with van der Waals surface area (Å²) in [6.07, 6.45) is 0.215. The maximum absolute atomic E-state index is 12.4. The lowest BCUT2D eigenvalue weighted by atomic mass is 10.1. The van der Waals surface area contributed by atoms with E-state index in [0.29, 0.717) is 23.8 Å². The number of nitrogens with one attached hydrogen (secondary N) is 1. The fourth-order valence-electron chi connectivity index (χ4n) is 2.85. The Kier molecular flexibility index (Phi) is 5.24. The maximum atomic E-state index is 12.4. The SMILES string of the molecule is COc1ccc(CN2C[C@H](C(=O)Nc3ccccc3Cl)CC2=O)cc1. The molecule has 3 rings (SSSR count). The summed E-state index contributed by atoms with van der Waals surface area (Å²) in [6.45, 7) is 0.889. The third-order valence-corrected chi connectivity index (χ3v) is 4.58. The summed E-state index contributed by atoms with van der Waals surface area (Å²) in [5.41, 5.74) is 1.57. The number of hydrogen-bond donors (Lipinski definition) is 1. The molecule has 0 aliphatic carbocycles. The Bertz CT molecular complexity index is 776. The highest BCUT2D eigenvalue weighted by atomic mass is 35.5. The zero-order chi connectivity index (χ0) is 17.8. The molecule has 0 radical (unpaired) electrons. The zero-order valence-corrected chi connectivity index (χ0v) is 14.6. The van der Waals surface area contributed by atoms with Gasteiger partial charge in [-0.1, -0.05) is 35.9 Å². The average molecular weight is 359 g/mol. The van der Waals surface area contributed by atoms with Gasteiger partial charge in [0.2, 0.25) is 11.8 Å². The van der Waals surface area contributed by atoms with Crippen LogP contribution < -0.4 is 10.1 Å². The molecule has 0 saturated carbocycles. The van der Waals surface area contributed by atoms with E-state index in [1.165, 1.54) is 0 Å². The standard InChI is InChI=1S/C19H19ClN2O3/c1-25-15-8-6-13(7-9-15)11-22-12-14(10-18(22)23)19(24)21-17-5-3-2-4-16(17)20/h2-9,14H,10-12H2,1H3,(H,21,24)/t14-/m1/s1. The van der Waals surface area contributed by atoms with E-state index in [0.717, 1.165) is 11.3 Å². The molecule has 6 heteroatoms. The van der Waals surface area contributed by atoms with E-state index in [1.807, 2.05) is 24.3 Å². The largest absolute Gasteiger partial charge is 0.497 e. The first-order valence-electron chi connectivity index (χ1n) is 8.03. The number of amides is 2. The van der Waals surface area contributed by atoms with Crippen LogP contribution in [0.3, 0.4) is 0 Å². The summed E-state index contributed by atoms with van der Waals surface area (Å²) in [5, 5.41) is 3.29.